The van der Waals surface area contributed by atoms with Gasteiger partial charge in [-0.25, -0.2) is 0 Å². The minimum absolute atomic E-state index is 0. The Morgan fingerprint density at radius 3 is 2.62 bits per heavy atom. The van der Waals surface area contributed by atoms with Gasteiger partial charge in [-0.05, 0) is 43.8 Å². The van der Waals surface area contributed by atoms with Crippen LogP contribution in [0.2, 0.25) is 0 Å². The number of Topliss-reactive ketones (excluding diaryl/α,β-unsaturated/α-hetero) is 1. The number of amides is 1. The van der Waals surface area contributed by atoms with Crippen LogP contribution in [0.25, 0.3) is 0 Å². The third-order valence-corrected chi connectivity index (χ3v) is 4.73. The summed E-state index contributed by atoms with van der Waals surface area (Å²) in [5.74, 6) is 0.882. The summed E-state index contributed by atoms with van der Waals surface area (Å²) in [6.45, 7) is 2.69. The summed E-state index contributed by atoms with van der Waals surface area (Å²) < 4.78 is 0. The van der Waals surface area contributed by atoms with Crippen LogP contribution in [0.5, 0.6) is 0 Å². The molecular formula is C15H23ClN2O2S. The van der Waals surface area contributed by atoms with Gasteiger partial charge in [0.25, 0.3) is 0 Å². The van der Waals surface area contributed by atoms with Gasteiger partial charge >= 0.3 is 0 Å². The Bertz CT molecular complexity index is 443. The summed E-state index contributed by atoms with van der Waals surface area (Å²) in [5.41, 5.74) is 0. The lowest BCUT2D eigenvalue weighted by atomic mass is 9.96. The molecule has 0 aliphatic carbocycles. The molecule has 118 valence electrons. The van der Waals surface area contributed by atoms with Crippen LogP contribution in [0.3, 0.4) is 0 Å². The fourth-order valence-corrected chi connectivity index (χ4v) is 3.31. The smallest absolute Gasteiger partial charge is 0.223 e. The standard InChI is InChI=1S/C15H22N2O2S.ClH/c1-16-11-12-6-8-17(9-7-12)15(19)5-4-13(18)14-3-2-10-20-14;/h2-3,10,12,16H,4-9,11H2,1H3;1H. The third-order valence-electron chi connectivity index (χ3n) is 3.82. The van der Waals surface area contributed by atoms with Crippen LogP contribution in [0.15, 0.2) is 17.5 Å². The average Bonchev–Trinajstić information content (AvgIpc) is 3.00. The summed E-state index contributed by atoms with van der Waals surface area (Å²) in [4.78, 5) is 26.6. The van der Waals surface area contributed by atoms with E-state index in [0.29, 0.717) is 18.8 Å². The highest BCUT2D eigenvalue weighted by Gasteiger charge is 2.22. The van der Waals surface area contributed by atoms with Crippen molar-refractivity contribution in [3.8, 4) is 0 Å². The molecule has 0 saturated carbocycles. The zero-order valence-electron chi connectivity index (χ0n) is 12.3. The molecule has 1 N–H and O–H groups in total. The van der Waals surface area contributed by atoms with Crippen molar-refractivity contribution in [2.24, 2.45) is 5.92 Å². The second-order valence-corrected chi connectivity index (χ2v) is 6.23. The maximum absolute atomic E-state index is 12.1. The Balaban J connectivity index is 0.00000220. The van der Waals surface area contributed by atoms with E-state index in [0.717, 1.165) is 37.4 Å². The summed E-state index contributed by atoms with van der Waals surface area (Å²) in [6.07, 6.45) is 2.79. The lowest BCUT2D eigenvalue weighted by Crippen LogP contribution is -2.40. The van der Waals surface area contributed by atoms with Crippen LogP contribution in [0.4, 0.5) is 0 Å². The Morgan fingerprint density at radius 1 is 1.33 bits per heavy atom. The average molecular weight is 331 g/mol. The lowest BCUT2D eigenvalue weighted by molar-refractivity contribution is -0.132. The molecular weight excluding hydrogens is 308 g/mol. The third kappa shape index (κ3) is 5.41. The molecule has 1 fully saturated rings. The minimum Gasteiger partial charge on any atom is -0.343 e. The van der Waals surface area contributed by atoms with Gasteiger partial charge in [-0.1, -0.05) is 6.07 Å². The molecule has 1 aromatic rings. The van der Waals surface area contributed by atoms with Gasteiger partial charge in [0.05, 0.1) is 4.88 Å². The molecule has 21 heavy (non-hydrogen) atoms. The van der Waals surface area contributed by atoms with E-state index in [1.807, 2.05) is 29.5 Å². The molecule has 0 radical (unpaired) electrons. The quantitative estimate of drug-likeness (QED) is 0.816. The van der Waals surface area contributed by atoms with Crippen molar-refractivity contribution < 1.29 is 9.59 Å². The van der Waals surface area contributed by atoms with Crippen LogP contribution >= 0.6 is 23.7 Å². The highest BCUT2D eigenvalue weighted by molar-refractivity contribution is 7.12. The van der Waals surface area contributed by atoms with Crippen molar-refractivity contribution in [2.75, 3.05) is 26.7 Å². The molecule has 1 saturated heterocycles. The molecule has 0 spiro atoms. The monoisotopic (exact) mass is 330 g/mol. The molecule has 2 heterocycles. The summed E-state index contributed by atoms with van der Waals surface area (Å²) >= 11 is 1.44. The van der Waals surface area contributed by atoms with Crippen LogP contribution in [-0.2, 0) is 4.79 Å². The number of hydrogen-bond donors (Lipinski definition) is 1. The number of rotatable bonds is 6. The Hall–Kier alpha value is -0.910. The van der Waals surface area contributed by atoms with Crippen molar-refractivity contribution in [3.63, 3.8) is 0 Å². The first-order valence-corrected chi connectivity index (χ1v) is 8.07. The molecule has 0 bridgehead atoms. The van der Waals surface area contributed by atoms with Crippen LogP contribution in [0, 0.1) is 5.92 Å². The predicted molar refractivity (Wildman–Crippen MR) is 88.4 cm³/mol. The molecule has 1 aromatic heterocycles. The second kappa shape index (κ2) is 9.18. The first-order valence-electron chi connectivity index (χ1n) is 7.19. The van der Waals surface area contributed by atoms with E-state index in [4.69, 9.17) is 0 Å². The van der Waals surface area contributed by atoms with Gasteiger partial charge in [0.15, 0.2) is 5.78 Å². The Morgan fingerprint density at radius 2 is 2.05 bits per heavy atom. The van der Waals surface area contributed by atoms with E-state index in [-0.39, 0.29) is 24.1 Å². The number of nitrogens with zero attached hydrogens (tertiary/aromatic N) is 1. The highest BCUT2D eigenvalue weighted by Crippen LogP contribution is 2.18. The Labute approximate surface area is 136 Å². The maximum atomic E-state index is 12.1. The van der Waals surface area contributed by atoms with E-state index in [1.54, 1.807) is 0 Å². The van der Waals surface area contributed by atoms with Crippen molar-refractivity contribution in [2.45, 2.75) is 25.7 Å². The first kappa shape index (κ1) is 18.1. The number of carbonyl (C=O) groups excluding carboxylic acids is 2. The van der Waals surface area contributed by atoms with Gasteiger partial charge < -0.3 is 10.2 Å². The van der Waals surface area contributed by atoms with E-state index in [2.05, 4.69) is 5.32 Å². The number of ketones is 1. The molecule has 0 unspecified atom stereocenters. The van der Waals surface area contributed by atoms with Crippen LogP contribution in [0.1, 0.15) is 35.4 Å². The molecule has 2 rings (SSSR count). The Kier molecular flexibility index (Phi) is 7.93. The lowest BCUT2D eigenvalue weighted by Gasteiger charge is -2.32. The fourth-order valence-electron chi connectivity index (χ4n) is 2.61. The predicted octanol–water partition coefficient (Wildman–Crippen LogP) is 2.59. The molecule has 6 heteroatoms. The number of piperidine rings is 1. The SMILES string of the molecule is CNCC1CCN(C(=O)CCC(=O)c2cccs2)CC1.Cl. The summed E-state index contributed by atoms with van der Waals surface area (Å²) in [7, 11) is 1.97. The normalized spacial score (nSPS) is 15.6. The number of nitrogens with one attached hydrogen (secondary N) is 1. The van der Waals surface area contributed by atoms with Crippen molar-refractivity contribution in [1.29, 1.82) is 0 Å². The van der Waals surface area contributed by atoms with Gasteiger partial charge in [-0.15, -0.1) is 23.7 Å². The van der Waals surface area contributed by atoms with Crippen LogP contribution in [-0.4, -0.2) is 43.3 Å². The van der Waals surface area contributed by atoms with E-state index < -0.39 is 0 Å². The number of thiophene rings is 1. The highest BCUT2D eigenvalue weighted by atomic mass is 35.5. The number of likely N-dealkylation sites (tertiary alicyclic amines) is 1. The van der Waals surface area contributed by atoms with Crippen molar-refractivity contribution in [1.82, 2.24) is 10.2 Å². The number of carbonyl (C=O) groups is 2. The summed E-state index contributed by atoms with van der Waals surface area (Å²) in [6, 6.07) is 3.69. The minimum atomic E-state index is 0. The topological polar surface area (TPSA) is 49.4 Å². The number of hydrogen-bond acceptors (Lipinski definition) is 4. The zero-order chi connectivity index (χ0) is 14.4. The number of halogens is 1. The van der Waals surface area contributed by atoms with Crippen molar-refractivity contribution >= 4 is 35.4 Å². The molecule has 0 aromatic carbocycles. The molecule has 1 aliphatic heterocycles. The van der Waals surface area contributed by atoms with Gasteiger partial charge in [-0.3, -0.25) is 9.59 Å². The maximum Gasteiger partial charge on any atom is 0.223 e. The van der Waals surface area contributed by atoms with Gasteiger partial charge in [0, 0.05) is 25.9 Å². The van der Waals surface area contributed by atoms with Crippen molar-refractivity contribution in [3.05, 3.63) is 22.4 Å². The molecule has 0 atom stereocenters. The molecule has 4 nitrogen and oxygen atoms in total. The van der Waals surface area contributed by atoms with Gasteiger partial charge in [0.2, 0.25) is 5.91 Å². The first-order chi connectivity index (χ1) is 9.70. The zero-order valence-corrected chi connectivity index (χ0v) is 14.0. The summed E-state index contributed by atoms with van der Waals surface area (Å²) in [5, 5.41) is 5.08. The molecule has 1 aliphatic rings. The van der Waals surface area contributed by atoms with Gasteiger partial charge in [-0.2, -0.15) is 0 Å². The van der Waals surface area contributed by atoms with E-state index in [9.17, 15) is 9.59 Å². The van der Waals surface area contributed by atoms with Crippen LogP contribution < -0.4 is 5.32 Å². The van der Waals surface area contributed by atoms with E-state index >= 15 is 0 Å². The fraction of sp³-hybridized carbons (Fsp3) is 0.600. The van der Waals surface area contributed by atoms with Gasteiger partial charge in [0.1, 0.15) is 0 Å². The van der Waals surface area contributed by atoms with E-state index in [1.165, 1.54) is 11.3 Å². The second-order valence-electron chi connectivity index (χ2n) is 5.28. The molecule has 1 amide bonds. The largest absolute Gasteiger partial charge is 0.343 e.